The van der Waals surface area contributed by atoms with E-state index in [4.69, 9.17) is 11.7 Å². The third kappa shape index (κ3) is 1.98. The summed E-state index contributed by atoms with van der Waals surface area (Å²) in [5.41, 5.74) is 2.51. The Morgan fingerprint density at radius 1 is 1.46 bits per heavy atom. The van der Waals surface area contributed by atoms with Gasteiger partial charge in [-0.2, -0.15) is 5.26 Å². The third-order valence-electron chi connectivity index (χ3n) is 1.78. The zero-order chi connectivity index (χ0) is 9.68. The van der Waals surface area contributed by atoms with Crippen LogP contribution < -0.4 is 0 Å². The molecule has 0 saturated carbocycles. The van der Waals surface area contributed by atoms with Crippen molar-refractivity contribution in [3.05, 3.63) is 41.5 Å². The molecule has 1 heteroatoms. The van der Waals surface area contributed by atoms with Crippen LogP contribution in [0.25, 0.3) is 5.57 Å². The maximum Gasteiger partial charge on any atom is 0.100 e. The molecular formula is C12H9N. The smallest absolute Gasteiger partial charge is 0.100 e. The minimum atomic E-state index is 0.542. The molecule has 0 N–H and O–H groups in total. The largest absolute Gasteiger partial charge is 0.192 e. The molecule has 0 bridgehead atoms. The minimum absolute atomic E-state index is 0.542. The van der Waals surface area contributed by atoms with Gasteiger partial charge in [0.15, 0.2) is 0 Å². The average molecular weight is 167 g/mol. The summed E-state index contributed by atoms with van der Waals surface area (Å²) in [5.74, 6) is 2.36. The lowest BCUT2D eigenvalue weighted by molar-refractivity contribution is 1.42. The van der Waals surface area contributed by atoms with Crippen LogP contribution in [0.2, 0.25) is 0 Å². The Labute approximate surface area is 78.3 Å². The van der Waals surface area contributed by atoms with Gasteiger partial charge in [0.05, 0.1) is 5.57 Å². The van der Waals surface area contributed by atoms with Gasteiger partial charge in [-0.15, -0.1) is 6.42 Å². The van der Waals surface area contributed by atoms with E-state index in [1.54, 1.807) is 0 Å². The minimum Gasteiger partial charge on any atom is -0.192 e. The Morgan fingerprint density at radius 2 is 2.15 bits per heavy atom. The van der Waals surface area contributed by atoms with Crippen molar-refractivity contribution in [1.82, 2.24) is 0 Å². The molecule has 1 rings (SSSR count). The van der Waals surface area contributed by atoms with E-state index in [-0.39, 0.29) is 0 Å². The van der Waals surface area contributed by atoms with Crippen LogP contribution in [0, 0.1) is 30.6 Å². The molecule has 1 nitrogen and oxygen atoms in total. The molecule has 13 heavy (non-hydrogen) atoms. The summed E-state index contributed by atoms with van der Waals surface area (Å²) in [7, 11) is 0. The van der Waals surface area contributed by atoms with E-state index in [0.717, 1.165) is 11.1 Å². The highest BCUT2D eigenvalue weighted by Gasteiger charge is 2.01. The zero-order valence-corrected chi connectivity index (χ0v) is 7.41. The van der Waals surface area contributed by atoms with Gasteiger partial charge in [-0.1, -0.05) is 30.2 Å². The van der Waals surface area contributed by atoms with Crippen molar-refractivity contribution in [1.29, 1.82) is 5.26 Å². The van der Waals surface area contributed by atoms with Crippen LogP contribution in [-0.4, -0.2) is 0 Å². The summed E-state index contributed by atoms with van der Waals surface area (Å²) in [5, 5.41) is 8.82. The summed E-state index contributed by atoms with van der Waals surface area (Å²) in [4.78, 5) is 0. The van der Waals surface area contributed by atoms with Crippen molar-refractivity contribution in [2.75, 3.05) is 0 Å². The second-order valence-corrected chi connectivity index (χ2v) is 2.65. The maximum absolute atomic E-state index is 8.82. The fourth-order valence-electron chi connectivity index (χ4n) is 1.13. The molecule has 0 amide bonds. The Morgan fingerprint density at radius 3 is 2.69 bits per heavy atom. The topological polar surface area (TPSA) is 23.8 Å². The van der Waals surface area contributed by atoms with E-state index in [1.807, 2.05) is 31.2 Å². The van der Waals surface area contributed by atoms with Gasteiger partial charge in [0, 0.05) is 6.08 Å². The lowest BCUT2D eigenvalue weighted by Crippen LogP contribution is -1.85. The highest BCUT2D eigenvalue weighted by atomic mass is 14.2. The van der Waals surface area contributed by atoms with Crippen molar-refractivity contribution in [2.24, 2.45) is 0 Å². The molecule has 0 heterocycles. The summed E-state index contributed by atoms with van der Waals surface area (Å²) in [6, 6.07) is 9.75. The van der Waals surface area contributed by atoms with Crippen LogP contribution in [0.1, 0.15) is 11.1 Å². The Kier molecular flexibility index (Phi) is 2.90. The Balaban J connectivity index is 3.24. The number of nitrogens with zero attached hydrogens (tertiary/aromatic N) is 1. The molecule has 0 spiro atoms. The molecule has 62 valence electrons. The second kappa shape index (κ2) is 4.14. The van der Waals surface area contributed by atoms with Crippen LogP contribution >= 0.6 is 0 Å². The summed E-state index contributed by atoms with van der Waals surface area (Å²) < 4.78 is 0. The van der Waals surface area contributed by atoms with Crippen LogP contribution in [0.4, 0.5) is 0 Å². The molecule has 0 unspecified atom stereocenters. The maximum atomic E-state index is 8.82. The molecule has 1 aromatic rings. The second-order valence-electron chi connectivity index (χ2n) is 2.65. The number of benzene rings is 1. The van der Waals surface area contributed by atoms with E-state index < -0.39 is 0 Å². The summed E-state index contributed by atoms with van der Waals surface area (Å²) >= 11 is 0. The molecule has 0 aromatic heterocycles. The fraction of sp³-hybridized carbons (Fsp3) is 0.0833. The molecule has 0 radical (unpaired) electrons. The van der Waals surface area contributed by atoms with Crippen molar-refractivity contribution < 1.29 is 0 Å². The van der Waals surface area contributed by atoms with E-state index in [9.17, 15) is 0 Å². The number of aryl methyl sites for hydroxylation is 1. The zero-order valence-electron chi connectivity index (χ0n) is 7.41. The van der Waals surface area contributed by atoms with Crippen LogP contribution in [0.15, 0.2) is 30.3 Å². The highest BCUT2D eigenvalue weighted by molar-refractivity contribution is 5.80. The predicted octanol–water partition coefficient (Wildman–Crippen LogP) is 2.54. The van der Waals surface area contributed by atoms with Gasteiger partial charge < -0.3 is 0 Å². The molecule has 0 fully saturated rings. The number of hydrogen-bond acceptors (Lipinski definition) is 1. The number of nitriles is 1. The van der Waals surface area contributed by atoms with Gasteiger partial charge in [-0.05, 0) is 18.1 Å². The van der Waals surface area contributed by atoms with E-state index in [2.05, 4.69) is 12.0 Å². The highest BCUT2D eigenvalue weighted by Crippen LogP contribution is 2.16. The van der Waals surface area contributed by atoms with Crippen LogP contribution in [0.5, 0.6) is 0 Å². The number of hydrogen-bond donors (Lipinski definition) is 0. The summed E-state index contributed by atoms with van der Waals surface area (Å²) in [6.07, 6.45) is 6.60. The van der Waals surface area contributed by atoms with Crippen LogP contribution in [0.3, 0.4) is 0 Å². The molecule has 0 atom stereocenters. The first kappa shape index (κ1) is 9.10. The fourth-order valence-corrected chi connectivity index (χ4v) is 1.13. The first-order chi connectivity index (χ1) is 6.29. The van der Waals surface area contributed by atoms with Gasteiger partial charge in [0.25, 0.3) is 0 Å². The van der Waals surface area contributed by atoms with E-state index >= 15 is 0 Å². The Bertz CT molecular complexity index is 413. The quantitative estimate of drug-likeness (QED) is 0.465. The monoisotopic (exact) mass is 167 g/mol. The normalized spacial score (nSPS) is 10.2. The molecular weight excluding hydrogens is 158 g/mol. The molecule has 0 aliphatic rings. The molecule has 0 aliphatic carbocycles. The Hall–Kier alpha value is -1.99. The van der Waals surface area contributed by atoms with Gasteiger partial charge in [-0.25, -0.2) is 0 Å². The standard InChI is InChI=1S/C12H9N/c1-3-6-11(9-13)12-8-5-4-7-10(12)2/h1,4-8H,2H3/b11-6-. The van der Waals surface area contributed by atoms with E-state index in [1.165, 1.54) is 6.08 Å². The number of allylic oxidation sites excluding steroid dienone is 2. The van der Waals surface area contributed by atoms with Crippen molar-refractivity contribution in [3.8, 4) is 18.4 Å². The van der Waals surface area contributed by atoms with Gasteiger partial charge in [0.2, 0.25) is 0 Å². The molecule has 0 saturated heterocycles. The van der Waals surface area contributed by atoms with Crippen LogP contribution in [-0.2, 0) is 0 Å². The van der Waals surface area contributed by atoms with Gasteiger partial charge >= 0.3 is 0 Å². The lowest BCUT2D eigenvalue weighted by Gasteiger charge is -2.01. The lowest BCUT2D eigenvalue weighted by atomic mass is 10.0. The van der Waals surface area contributed by atoms with Crippen molar-refractivity contribution >= 4 is 5.57 Å². The van der Waals surface area contributed by atoms with Gasteiger partial charge in [0.1, 0.15) is 6.07 Å². The number of rotatable bonds is 1. The van der Waals surface area contributed by atoms with E-state index in [0.29, 0.717) is 5.57 Å². The third-order valence-corrected chi connectivity index (χ3v) is 1.78. The average Bonchev–Trinajstić information content (AvgIpc) is 2.16. The van der Waals surface area contributed by atoms with Crippen molar-refractivity contribution in [2.45, 2.75) is 6.92 Å². The predicted molar refractivity (Wildman–Crippen MR) is 53.6 cm³/mol. The molecule has 0 aliphatic heterocycles. The van der Waals surface area contributed by atoms with Gasteiger partial charge in [-0.3, -0.25) is 0 Å². The SMILES string of the molecule is C#C/C=C(/C#N)c1ccccc1C. The first-order valence-corrected chi connectivity index (χ1v) is 3.92. The first-order valence-electron chi connectivity index (χ1n) is 3.92. The summed E-state index contributed by atoms with van der Waals surface area (Å²) in [6.45, 7) is 1.96. The molecule has 1 aromatic carbocycles. The van der Waals surface area contributed by atoms with Crippen molar-refractivity contribution in [3.63, 3.8) is 0 Å². The number of terminal acetylenes is 1.